The zero-order valence-corrected chi connectivity index (χ0v) is 10.4. The first-order valence-corrected chi connectivity index (χ1v) is 6.24. The largest absolute Gasteiger partial charge is 0.397 e. The fraction of sp³-hybridized carbons (Fsp3) is 0.545. The summed E-state index contributed by atoms with van der Waals surface area (Å²) < 4.78 is 0. The number of nitrogen functional groups attached to an aromatic ring is 1. The lowest BCUT2D eigenvalue weighted by Gasteiger charge is -2.08. The van der Waals surface area contributed by atoms with Crippen molar-refractivity contribution in [1.29, 1.82) is 0 Å². The van der Waals surface area contributed by atoms with Crippen molar-refractivity contribution >= 4 is 27.9 Å². The molecular weight excluding hydrogens is 222 g/mol. The number of carbonyl (C=O) groups is 1. The molecule has 1 saturated carbocycles. The van der Waals surface area contributed by atoms with Crippen LogP contribution in [0.4, 0.5) is 10.7 Å². The second-order valence-electron chi connectivity index (χ2n) is 4.42. The molecule has 0 saturated heterocycles. The molecule has 0 radical (unpaired) electrons. The Balaban J connectivity index is 2.04. The van der Waals surface area contributed by atoms with Gasteiger partial charge in [0.2, 0.25) is 0 Å². The van der Waals surface area contributed by atoms with Gasteiger partial charge in [-0.2, -0.15) is 0 Å². The molecule has 5 heteroatoms. The van der Waals surface area contributed by atoms with Gasteiger partial charge in [0, 0.05) is 20.6 Å². The Labute approximate surface area is 99.4 Å². The highest BCUT2D eigenvalue weighted by Crippen LogP contribution is 2.33. The molecule has 1 aliphatic carbocycles. The number of anilines is 2. The van der Waals surface area contributed by atoms with Crippen LogP contribution >= 0.6 is 11.3 Å². The number of hydrogen-bond donors (Lipinski definition) is 2. The number of nitrogens with one attached hydrogen (secondary N) is 1. The van der Waals surface area contributed by atoms with Crippen LogP contribution in [0.5, 0.6) is 0 Å². The molecule has 0 unspecified atom stereocenters. The summed E-state index contributed by atoms with van der Waals surface area (Å²) in [6.45, 7) is 0.996. The van der Waals surface area contributed by atoms with Crippen molar-refractivity contribution in [1.82, 2.24) is 4.90 Å². The summed E-state index contributed by atoms with van der Waals surface area (Å²) in [5, 5.41) is 4.32. The summed E-state index contributed by atoms with van der Waals surface area (Å²) in [5.41, 5.74) is 6.40. The van der Waals surface area contributed by atoms with Gasteiger partial charge in [-0.3, -0.25) is 4.79 Å². The molecule has 1 aromatic rings. The van der Waals surface area contributed by atoms with Crippen LogP contribution in [0.15, 0.2) is 6.07 Å². The van der Waals surface area contributed by atoms with Crippen molar-refractivity contribution in [2.24, 2.45) is 5.92 Å². The molecule has 88 valence electrons. The lowest BCUT2D eigenvalue weighted by Crippen LogP contribution is -2.21. The van der Waals surface area contributed by atoms with Crippen molar-refractivity contribution < 1.29 is 4.79 Å². The van der Waals surface area contributed by atoms with Gasteiger partial charge < -0.3 is 16.0 Å². The van der Waals surface area contributed by atoms with E-state index in [1.807, 2.05) is 6.07 Å². The Hall–Kier alpha value is -1.23. The molecule has 1 fully saturated rings. The van der Waals surface area contributed by atoms with Gasteiger partial charge in [0.15, 0.2) is 0 Å². The monoisotopic (exact) mass is 239 g/mol. The van der Waals surface area contributed by atoms with E-state index in [0.717, 1.165) is 17.5 Å². The molecule has 1 aromatic heterocycles. The van der Waals surface area contributed by atoms with Crippen LogP contribution < -0.4 is 11.1 Å². The highest BCUT2D eigenvalue weighted by molar-refractivity contribution is 7.18. The minimum absolute atomic E-state index is 0.0260. The van der Waals surface area contributed by atoms with Crippen molar-refractivity contribution in [2.45, 2.75) is 12.8 Å². The predicted molar refractivity (Wildman–Crippen MR) is 68.0 cm³/mol. The first-order chi connectivity index (χ1) is 7.58. The number of nitrogens with zero attached hydrogens (tertiary/aromatic N) is 1. The smallest absolute Gasteiger partial charge is 0.265 e. The van der Waals surface area contributed by atoms with Crippen LogP contribution in [0.25, 0.3) is 0 Å². The molecule has 0 aliphatic heterocycles. The normalized spacial score (nSPS) is 14.9. The van der Waals surface area contributed by atoms with Crippen LogP contribution in [0, 0.1) is 5.92 Å². The van der Waals surface area contributed by atoms with Gasteiger partial charge >= 0.3 is 0 Å². The number of rotatable bonds is 4. The second-order valence-corrected chi connectivity index (χ2v) is 5.47. The van der Waals surface area contributed by atoms with Crippen molar-refractivity contribution in [3.05, 3.63) is 10.9 Å². The SMILES string of the molecule is CN(C)C(=O)c1sc(NCC2CC2)cc1N. The molecule has 3 N–H and O–H groups in total. The fourth-order valence-electron chi connectivity index (χ4n) is 1.43. The third kappa shape index (κ3) is 2.47. The summed E-state index contributed by atoms with van der Waals surface area (Å²) in [7, 11) is 3.47. The summed E-state index contributed by atoms with van der Waals surface area (Å²) in [6.07, 6.45) is 2.63. The van der Waals surface area contributed by atoms with E-state index in [-0.39, 0.29) is 5.91 Å². The Bertz CT molecular complexity index is 396. The van der Waals surface area contributed by atoms with Crippen molar-refractivity contribution in [2.75, 3.05) is 31.7 Å². The Kier molecular flexibility index (Phi) is 3.05. The van der Waals surface area contributed by atoms with E-state index < -0.39 is 0 Å². The van der Waals surface area contributed by atoms with E-state index in [1.54, 1.807) is 19.0 Å². The van der Waals surface area contributed by atoms with Crippen molar-refractivity contribution in [3.63, 3.8) is 0 Å². The standard InChI is InChI=1S/C11H17N3OS/c1-14(2)11(15)10-8(12)5-9(16-10)13-6-7-3-4-7/h5,7,13H,3-4,6,12H2,1-2H3. The zero-order valence-electron chi connectivity index (χ0n) is 9.62. The first kappa shape index (κ1) is 11.3. The summed E-state index contributed by atoms with van der Waals surface area (Å²) >= 11 is 1.44. The van der Waals surface area contributed by atoms with Crippen LogP contribution in [0.3, 0.4) is 0 Å². The molecule has 0 aromatic carbocycles. The third-order valence-corrected chi connectivity index (χ3v) is 3.72. The average molecular weight is 239 g/mol. The maximum atomic E-state index is 11.8. The van der Waals surface area contributed by atoms with Gasteiger partial charge in [-0.25, -0.2) is 0 Å². The average Bonchev–Trinajstić information content (AvgIpc) is 2.98. The molecule has 1 aliphatic rings. The van der Waals surface area contributed by atoms with Gasteiger partial charge in [0.05, 0.1) is 10.7 Å². The maximum Gasteiger partial charge on any atom is 0.265 e. The van der Waals surface area contributed by atoms with E-state index in [0.29, 0.717) is 10.6 Å². The number of carbonyl (C=O) groups excluding carboxylic acids is 1. The molecular formula is C11H17N3OS. The van der Waals surface area contributed by atoms with E-state index in [2.05, 4.69) is 5.32 Å². The molecule has 0 spiro atoms. The van der Waals surface area contributed by atoms with Crippen molar-refractivity contribution in [3.8, 4) is 0 Å². The topological polar surface area (TPSA) is 58.4 Å². The summed E-state index contributed by atoms with van der Waals surface area (Å²) in [4.78, 5) is 13.9. The zero-order chi connectivity index (χ0) is 11.7. The first-order valence-electron chi connectivity index (χ1n) is 5.42. The van der Waals surface area contributed by atoms with Crippen LogP contribution in [-0.4, -0.2) is 31.4 Å². The highest BCUT2D eigenvalue weighted by atomic mass is 32.1. The highest BCUT2D eigenvalue weighted by Gasteiger charge is 2.22. The number of hydrogen-bond acceptors (Lipinski definition) is 4. The Morgan fingerprint density at radius 1 is 1.62 bits per heavy atom. The predicted octanol–water partition coefficient (Wildman–Crippen LogP) is 1.85. The van der Waals surface area contributed by atoms with Gasteiger partial charge in [-0.05, 0) is 24.8 Å². The van der Waals surface area contributed by atoms with Gasteiger partial charge in [0.1, 0.15) is 4.88 Å². The number of nitrogens with two attached hydrogens (primary N) is 1. The molecule has 0 bridgehead atoms. The van der Waals surface area contributed by atoms with Gasteiger partial charge in [-0.1, -0.05) is 0 Å². The maximum absolute atomic E-state index is 11.8. The summed E-state index contributed by atoms with van der Waals surface area (Å²) in [6, 6.07) is 1.85. The van der Waals surface area contributed by atoms with Gasteiger partial charge in [0.25, 0.3) is 5.91 Å². The molecule has 1 heterocycles. The third-order valence-electron chi connectivity index (χ3n) is 2.62. The quantitative estimate of drug-likeness (QED) is 0.843. The van der Waals surface area contributed by atoms with E-state index >= 15 is 0 Å². The molecule has 2 rings (SSSR count). The van der Waals surface area contributed by atoms with Gasteiger partial charge in [-0.15, -0.1) is 11.3 Å². The van der Waals surface area contributed by atoms with Crippen LogP contribution in [0.2, 0.25) is 0 Å². The number of amides is 1. The minimum atomic E-state index is -0.0260. The Morgan fingerprint density at radius 2 is 2.31 bits per heavy atom. The minimum Gasteiger partial charge on any atom is -0.397 e. The lowest BCUT2D eigenvalue weighted by molar-refractivity contribution is 0.0833. The van der Waals surface area contributed by atoms with E-state index in [1.165, 1.54) is 24.2 Å². The molecule has 16 heavy (non-hydrogen) atoms. The lowest BCUT2D eigenvalue weighted by atomic mass is 10.3. The molecule has 4 nitrogen and oxygen atoms in total. The summed E-state index contributed by atoms with van der Waals surface area (Å²) in [5.74, 6) is 0.790. The second kappa shape index (κ2) is 4.33. The molecule has 0 atom stereocenters. The van der Waals surface area contributed by atoms with Crippen LogP contribution in [-0.2, 0) is 0 Å². The van der Waals surface area contributed by atoms with E-state index in [9.17, 15) is 4.79 Å². The van der Waals surface area contributed by atoms with Crippen LogP contribution in [0.1, 0.15) is 22.5 Å². The molecule has 1 amide bonds. The fourth-order valence-corrected chi connectivity index (χ4v) is 2.44. The number of thiophene rings is 1. The van der Waals surface area contributed by atoms with E-state index in [4.69, 9.17) is 5.73 Å². The Morgan fingerprint density at radius 3 is 2.88 bits per heavy atom.